The fourth-order valence-corrected chi connectivity index (χ4v) is 4.24. The van der Waals surface area contributed by atoms with Gasteiger partial charge in [-0.2, -0.15) is 18.4 Å². The van der Waals surface area contributed by atoms with E-state index in [1.54, 1.807) is 47.8 Å². The molecule has 1 amide bonds. The number of likely N-dealkylation sites (tertiary alicyclic amines) is 1. The number of alkyl halides is 3. The molecule has 3 heterocycles. The lowest BCUT2D eigenvalue weighted by atomic mass is 9.75. The van der Waals surface area contributed by atoms with Gasteiger partial charge in [-0.1, -0.05) is 6.07 Å². The zero-order chi connectivity index (χ0) is 24.3. The van der Waals surface area contributed by atoms with Crippen molar-refractivity contribution in [2.45, 2.75) is 25.4 Å². The van der Waals surface area contributed by atoms with Crippen molar-refractivity contribution in [3.63, 3.8) is 0 Å². The Morgan fingerprint density at radius 3 is 2.44 bits per heavy atom. The third-order valence-electron chi connectivity index (χ3n) is 6.12. The molecule has 4 rings (SSSR count). The maximum Gasteiger partial charge on any atom is 0.419 e. The number of nitrogens with zero attached hydrogens (tertiary/aromatic N) is 4. The minimum atomic E-state index is -4.81. The first kappa shape index (κ1) is 23.4. The van der Waals surface area contributed by atoms with E-state index in [1.165, 1.54) is 6.07 Å². The average Bonchev–Trinajstić information content (AvgIpc) is 2.85. The highest BCUT2D eigenvalue weighted by Gasteiger charge is 2.39. The van der Waals surface area contributed by atoms with E-state index in [-0.39, 0.29) is 31.0 Å². The highest BCUT2D eigenvalue weighted by molar-refractivity contribution is 5.99. The summed E-state index contributed by atoms with van der Waals surface area (Å²) in [5.74, 6) is -1.57. The van der Waals surface area contributed by atoms with Crippen LogP contribution in [0.25, 0.3) is 11.3 Å². The van der Waals surface area contributed by atoms with Gasteiger partial charge in [0.15, 0.2) is 0 Å². The van der Waals surface area contributed by atoms with Gasteiger partial charge in [0.1, 0.15) is 5.82 Å². The van der Waals surface area contributed by atoms with Crippen molar-refractivity contribution in [1.82, 2.24) is 14.9 Å². The molecule has 0 unspecified atom stereocenters. The van der Waals surface area contributed by atoms with Crippen LogP contribution in [0.5, 0.6) is 0 Å². The molecule has 0 atom stereocenters. The van der Waals surface area contributed by atoms with E-state index >= 15 is 0 Å². The molecule has 1 aromatic carbocycles. The van der Waals surface area contributed by atoms with E-state index in [4.69, 9.17) is 0 Å². The Labute approximate surface area is 193 Å². The molecule has 1 aliphatic heterocycles. The van der Waals surface area contributed by atoms with Crippen molar-refractivity contribution >= 4 is 5.91 Å². The largest absolute Gasteiger partial charge is 0.419 e. The first-order chi connectivity index (χ1) is 16.2. The van der Waals surface area contributed by atoms with E-state index in [1.807, 2.05) is 0 Å². The number of hydrogen-bond donors (Lipinski definition) is 0. The number of carbonyl (C=O) groups excluding carboxylic acids is 1. The number of halogens is 4. The second-order valence-corrected chi connectivity index (χ2v) is 8.31. The monoisotopic (exact) mass is 468 g/mol. The molecule has 2 aromatic heterocycles. The van der Waals surface area contributed by atoms with Gasteiger partial charge in [-0.25, -0.2) is 4.39 Å². The number of nitriles is 1. The number of piperidine rings is 1. The summed E-state index contributed by atoms with van der Waals surface area (Å²) in [6.07, 6.45) is 0.634. The van der Waals surface area contributed by atoms with E-state index in [0.717, 1.165) is 17.7 Å². The summed E-state index contributed by atoms with van der Waals surface area (Å²) in [5.41, 5.74) is -0.350. The van der Waals surface area contributed by atoms with Gasteiger partial charge in [-0.05, 0) is 61.2 Å². The van der Waals surface area contributed by atoms with Crippen molar-refractivity contribution in [3.8, 4) is 17.3 Å². The molecule has 0 N–H and O–H groups in total. The molecule has 1 saturated heterocycles. The molecule has 3 aromatic rings. The van der Waals surface area contributed by atoms with Crippen LogP contribution < -0.4 is 0 Å². The quantitative estimate of drug-likeness (QED) is 0.488. The molecule has 9 heteroatoms. The Bertz CT molecular complexity index is 1230. The molecule has 0 saturated carbocycles. The summed E-state index contributed by atoms with van der Waals surface area (Å²) in [6.45, 7) is 0.536. The average molecular weight is 468 g/mol. The standard InChI is InChI=1S/C25H20F4N4O/c26-21-4-3-17(14-20(21)25(27,28)29)15-24(16-30)7-12-33(13-8-24)23(34)19-2-1-9-32-22(19)18-5-10-31-11-6-18/h1-6,9-11,14H,7-8,12-13,15H2. The summed E-state index contributed by atoms with van der Waals surface area (Å²) in [7, 11) is 0. The van der Waals surface area contributed by atoms with Gasteiger partial charge in [-0.3, -0.25) is 14.8 Å². The molecule has 1 aliphatic rings. The fraction of sp³-hybridized carbons (Fsp3) is 0.280. The fourth-order valence-electron chi connectivity index (χ4n) is 4.24. The van der Waals surface area contributed by atoms with Crippen LogP contribution in [0.15, 0.2) is 61.1 Å². The van der Waals surface area contributed by atoms with Crippen molar-refractivity contribution < 1.29 is 22.4 Å². The normalized spacial score (nSPS) is 15.6. The topological polar surface area (TPSA) is 69.9 Å². The summed E-state index contributed by atoms with van der Waals surface area (Å²) in [4.78, 5) is 23.2. The molecule has 5 nitrogen and oxygen atoms in total. The molecule has 174 valence electrons. The zero-order valence-electron chi connectivity index (χ0n) is 18.0. The van der Waals surface area contributed by atoms with Crippen molar-refractivity contribution in [3.05, 3.63) is 83.6 Å². The number of benzene rings is 1. The summed E-state index contributed by atoms with van der Waals surface area (Å²) < 4.78 is 52.9. The van der Waals surface area contributed by atoms with Gasteiger partial charge < -0.3 is 4.90 Å². The number of rotatable bonds is 4. The van der Waals surface area contributed by atoms with Crippen molar-refractivity contribution in [2.24, 2.45) is 5.41 Å². The molecular weight excluding hydrogens is 448 g/mol. The van der Waals surface area contributed by atoms with Gasteiger partial charge in [-0.15, -0.1) is 0 Å². The van der Waals surface area contributed by atoms with Gasteiger partial charge in [0, 0.05) is 37.2 Å². The maximum absolute atomic E-state index is 13.6. The summed E-state index contributed by atoms with van der Waals surface area (Å²) in [5, 5.41) is 9.86. The Morgan fingerprint density at radius 2 is 1.79 bits per heavy atom. The highest BCUT2D eigenvalue weighted by Crippen LogP contribution is 2.38. The number of pyridine rings is 2. The summed E-state index contributed by atoms with van der Waals surface area (Å²) >= 11 is 0. The van der Waals surface area contributed by atoms with Crippen molar-refractivity contribution in [2.75, 3.05) is 13.1 Å². The molecule has 0 bridgehead atoms. The van der Waals surface area contributed by atoms with E-state index in [0.29, 0.717) is 24.1 Å². The smallest absolute Gasteiger partial charge is 0.338 e. The van der Waals surface area contributed by atoms with Crippen molar-refractivity contribution in [1.29, 1.82) is 5.26 Å². The number of aromatic nitrogens is 2. The first-order valence-corrected chi connectivity index (χ1v) is 10.6. The molecule has 1 fully saturated rings. The summed E-state index contributed by atoms with van der Waals surface area (Å²) in [6, 6.07) is 11.9. The van der Waals surface area contributed by atoms with Crippen LogP contribution in [0.1, 0.15) is 34.3 Å². The minimum absolute atomic E-state index is 0.0457. The molecular formula is C25H20F4N4O. The molecule has 0 radical (unpaired) electrons. The van der Waals surface area contributed by atoms with Gasteiger partial charge in [0.2, 0.25) is 0 Å². The predicted molar refractivity (Wildman–Crippen MR) is 116 cm³/mol. The van der Waals surface area contributed by atoms with Crippen LogP contribution in [-0.4, -0.2) is 33.9 Å². The van der Waals surface area contributed by atoms with E-state index in [9.17, 15) is 27.6 Å². The number of hydrogen-bond acceptors (Lipinski definition) is 4. The Morgan fingerprint density at radius 1 is 1.09 bits per heavy atom. The van der Waals surface area contributed by atoms with Gasteiger partial charge >= 0.3 is 6.18 Å². The predicted octanol–water partition coefficient (Wildman–Crippen LogP) is 5.29. The molecule has 0 spiro atoms. The third-order valence-corrected chi connectivity index (χ3v) is 6.12. The number of carbonyl (C=O) groups is 1. The molecule has 34 heavy (non-hydrogen) atoms. The number of amides is 1. The van der Waals surface area contributed by atoms with Crippen LogP contribution in [-0.2, 0) is 12.6 Å². The van der Waals surface area contributed by atoms with Crippen LogP contribution in [0, 0.1) is 22.6 Å². The lowest BCUT2D eigenvalue weighted by molar-refractivity contribution is -0.140. The zero-order valence-corrected chi connectivity index (χ0v) is 18.0. The Balaban J connectivity index is 1.51. The Kier molecular flexibility index (Phi) is 6.33. The Hall–Kier alpha value is -3.80. The highest BCUT2D eigenvalue weighted by atomic mass is 19.4. The van der Waals surface area contributed by atoms with E-state index < -0.39 is 23.0 Å². The van der Waals surface area contributed by atoms with Gasteiger partial charge in [0.05, 0.1) is 28.3 Å². The van der Waals surface area contributed by atoms with E-state index in [2.05, 4.69) is 16.0 Å². The minimum Gasteiger partial charge on any atom is -0.338 e. The SMILES string of the molecule is N#CC1(Cc2ccc(F)c(C(F)(F)F)c2)CCN(C(=O)c2cccnc2-c2ccncc2)CC1. The van der Waals surface area contributed by atoms with Crippen LogP contribution in [0.2, 0.25) is 0 Å². The lowest BCUT2D eigenvalue weighted by Crippen LogP contribution is -2.43. The third kappa shape index (κ3) is 4.76. The van der Waals surface area contributed by atoms with Crippen LogP contribution in [0.3, 0.4) is 0 Å². The van der Waals surface area contributed by atoms with Crippen LogP contribution in [0.4, 0.5) is 17.6 Å². The first-order valence-electron chi connectivity index (χ1n) is 10.6. The van der Waals surface area contributed by atoms with Gasteiger partial charge in [0.25, 0.3) is 5.91 Å². The van der Waals surface area contributed by atoms with Crippen LogP contribution >= 0.6 is 0 Å². The maximum atomic E-state index is 13.6. The second-order valence-electron chi connectivity index (χ2n) is 8.31. The lowest BCUT2D eigenvalue weighted by Gasteiger charge is -2.37. The molecule has 0 aliphatic carbocycles. The second kappa shape index (κ2) is 9.21.